The van der Waals surface area contributed by atoms with Crippen molar-refractivity contribution in [1.82, 2.24) is 15.3 Å². The third-order valence-electron chi connectivity index (χ3n) is 3.69. The lowest BCUT2D eigenvalue weighted by atomic mass is 10.1. The molecule has 3 aromatic rings. The van der Waals surface area contributed by atoms with Gasteiger partial charge in [0.1, 0.15) is 5.82 Å². The first-order valence-electron chi connectivity index (χ1n) is 7.54. The molecule has 4 nitrogen and oxygen atoms in total. The van der Waals surface area contributed by atoms with E-state index in [1.165, 1.54) is 0 Å². The van der Waals surface area contributed by atoms with Gasteiger partial charge in [-0.15, -0.1) is 0 Å². The summed E-state index contributed by atoms with van der Waals surface area (Å²) < 4.78 is 0. The molecule has 0 fully saturated rings. The summed E-state index contributed by atoms with van der Waals surface area (Å²) in [5, 5.41) is 3.06. The van der Waals surface area contributed by atoms with Crippen LogP contribution in [0.25, 0.3) is 11.0 Å². The highest BCUT2D eigenvalue weighted by Gasteiger charge is 2.16. The van der Waals surface area contributed by atoms with Crippen molar-refractivity contribution in [2.75, 3.05) is 0 Å². The predicted molar refractivity (Wildman–Crippen MR) is 87.4 cm³/mol. The van der Waals surface area contributed by atoms with E-state index in [-0.39, 0.29) is 11.9 Å². The number of fused-ring (bicyclic) bond motifs is 1. The van der Waals surface area contributed by atoms with Crippen molar-refractivity contribution in [3.05, 3.63) is 66.0 Å². The van der Waals surface area contributed by atoms with Crippen LogP contribution in [0.3, 0.4) is 0 Å². The number of benzene rings is 2. The van der Waals surface area contributed by atoms with Crippen molar-refractivity contribution in [2.24, 2.45) is 0 Å². The molecule has 0 aliphatic heterocycles. The Labute approximate surface area is 129 Å². The summed E-state index contributed by atoms with van der Waals surface area (Å²) in [6.45, 7) is 2.04. The van der Waals surface area contributed by atoms with E-state index in [2.05, 4.69) is 15.3 Å². The van der Waals surface area contributed by atoms with Crippen LogP contribution in [0.2, 0.25) is 0 Å². The monoisotopic (exact) mass is 293 g/mol. The lowest BCUT2D eigenvalue weighted by Crippen LogP contribution is -2.30. The van der Waals surface area contributed by atoms with Crippen LogP contribution in [0, 0.1) is 0 Å². The van der Waals surface area contributed by atoms with Crippen molar-refractivity contribution in [1.29, 1.82) is 0 Å². The summed E-state index contributed by atoms with van der Waals surface area (Å²) in [7, 11) is 0. The Balaban J connectivity index is 1.72. The molecule has 1 heterocycles. The highest BCUT2D eigenvalue weighted by atomic mass is 16.1. The second-order valence-corrected chi connectivity index (χ2v) is 5.33. The molecule has 1 amide bonds. The summed E-state index contributed by atoms with van der Waals surface area (Å²) in [4.78, 5) is 20.1. The molecular weight excluding hydrogens is 274 g/mol. The van der Waals surface area contributed by atoms with E-state index < -0.39 is 0 Å². The van der Waals surface area contributed by atoms with Crippen molar-refractivity contribution in [3.63, 3.8) is 0 Å². The van der Waals surface area contributed by atoms with Crippen LogP contribution in [-0.2, 0) is 11.2 Å². The number of carbonyl (C=O) groups excluding carboxylic acids is 1. The van der Waals surface area contributed by atoms with Crippen molar-refractivity contribution in [3.8, 4) is 0 Å². The van der Waals surface area contributed by atoms with Crippen LogP contribution in [0.1, 0.15) is 30.8 Å². The number of hydrogen-bond donors (Lipinski definition) is 2. The lowest BCUT2D eigenvalue weighted by molar-refractivity contribution is -0.121. The maximum atomic E-state index is 12.2. The van der Waals surface area contributed by atoms with E-state index in [0.717, 1.165) is 28.8 Å². The first-order chi connectivity index (χ1) is 10.8. The number of carbonyl (C=O) groups is 1. The zero-order valence-corrected chi connectivity index (χ0v) is 12.5. The van der Waals surface area contributed by atoms with Gasteiger partial charge in [0.2, 0.25) is 5.91 Å². The van der Waals surface area contributed by atoms with E-state index in [1.54, 1.807) is 0 Å². The Hall–Kier alpha value is -2.62. The standard InChI is InChI=1S/C18H19N3O/c1-2-14(18-20-15-10-6-7-11-16(15)21-18)19-17(22)12-13-8-4-3-5-9-13/h3-11,14H,2,12H2,1H3,(H,19,22)(H,20,21)/t14-/m0/s1. The van der Waals surface area contributed by atoms with Gasteiger partial charge in [0, 0.05) is 0 Å². The molecule has 0 aliphatic carbocycles. The second-order valence-electron chi connectivity index (χ2n) is 5.33. The summed E-state index contributed by atoms with van der Waals surface area (Å²) in [6.07, 6.45) is 1.18. The molecule has 112 valence electrons. The normalized spacial score (nSPS) is 12.2. The van der Waals surface area contributed by atoms with Crippen molar-refractivity contribution in [2.45, 2.75) is 25.8 Å². The second kappa shape index (κ2) is 6.43. The van der Waals surface area contributed by atoms with E-state index in [9.17, 15) is 4.79 Å². The summed E-state index contributed by atoms with van der Waals surface area (Å²) >= 11 is 0. The van der Waals surface area contributed by atoms with Crippen LogP contribution in [-0.4, -0.2) is 15.9 Å². The van der Waals surface area contributed by atoms with Gasteiger partial charge in [-0.05, 0) is 24.1 Å². The molecule has 22 heavy (non-hydrogen) atoms. The maximum Gasteiger partial charge on any atom is 0.225 e. The quantitative estimate of drug-likeness (QED) is 0.757. The SMILES string of the molecule is CC[C@H](NC(=O)Cc1ccccc1)c1nc2ccccc2[nH]1. The maximum absolute atomic E-state index is 12.2. The molecule has 0 radical (unpaired) electrons. The summed E-state index contributed by atoms with van der Waals surface area (Å²) in [6, 6.07) is 17.6. The number of imidazole rings is 1. The molecule has 0 unspecified atom stereocenters. The third kappa shape index (κ3) is 3.17. The van der Waals surface area contributed by atoms with Crippen molar-refractivity contribution >= 4 is 16.9 Å². The number of nitrogens with zero attached hydrogens (tertiary/aromatic N) is 1. The molecule has 0 spiro atoms. The first kappa shape index (κ1) is 14.3. The Morgan fingerprint density at radius 2 is 1.86 bits per heavy atom. The molecule has 4 heteroatoms. The smallest absolute Gasteiger partial charge is 0.225 e. The van der Waals surface area contributed by atoms with E-state index in [4.69, 9.17) is 0 Å². The minimum Gasteiger partial charge on any atom is -0.346 e. The number of amides is 1. The van der Waals surface area contributed by atoms with E-state index in [1.807, 2.05) is 61.5 Å². The first-order valence-corrected chi connectivity index (χ1v) is 7.54. The molecule has 0 saturated carbocycles. The molecule has 1 atom stereocenters. The average molecular weight is 293 g/mol. The topological polar surface area (TPSA) is 57.8 Å². The number of aromatic nitrogens is 2. The number of rotatable bonds is 5. The van der Waals surface area contributed by atoms with Gasteiger partial charge in [0.25, 0.3) is 0 Å². The van der Waals surface area contributed by atoms with Crippen LogP contribution in [0.15, 0.2) is 54.6 Å². The summed E-state index contributed by atoms with van der Waals surface area (Å²) in [5.41, 5.74) is 2.93. The minimum absolute atomic E-state index is 0.0125. The van der Waals surface area contributed by atoms with Gasteiger partial charge in [-0.2, -0.15) is 0 Å². The Morgan fingerprint density at radius 3 is 2.59 bits per heavy atom. The Bertz CT molecular complexity index is 731. The molecular formula is C18H19N3O. The van der Waals surface area contributed by atoms with Crippen LogP contribution in [0.4, 0.5) is 0 Å². The van der Waals surface area contributed by atoms with Gasteiger partial charge in [-0.25, -0.2) is 4.98 Å². The zero-order chi connectivity index (χ0) is 15.4. The highest BCUT2D eigenvalue weighted by Crippen LogP contribution is 2.18. The fraction of sp³-hybridized carbons (Fsp3) is 0.222. The molecule has 2 N–H and O–H groups in total. The molecule has 3 rings (SSSR count). The fourth-order valence-electron chi connectivity index (χ4n) is 2.53. The van der Waals surface area contributed by atoms with Gasteiger partial charge >= 0.3 is 0 Å². The largest absolute Gasteiger partial charge is 0.346 e. The third-order valence-corrected chi connectivity index (χ3v) is 3.69. The van der Waals surface area contributed by atoms with Gasteiger partial charge < -0.3 is 10.3 Å². The van der Waals surface area contributed by atoms with Gasteiger partial charge in [0.15, 0.2) is 0 Å². The number of para-hydroxylation sites is 2. The predicted octanol–water partition coefficient (Wildman–Crippen LogP) is 3.37. The molecule has 0 saturated heterocycles. The molecule has 0 bridgehead atoms. The average Bonchev–Trinajstić information content (AvgIpc) is 2.97. The molecule has 0 aliphatic rings. The Kier molecular flexibility index (Phi) is 4.19. The van der Waals surface area contributed by atoms with Crippen LogP contribution >= 0.6 is 0 Å². The minimum atomic E-state index is -0.0939. The van der Waals surface area contributed by atoms with E-state index >= 15 is 0 Å². The number of aromatic amines is 1. The Morgan fingerprint density at radius 1 is 1.14 bits per heavy atom. The van der Waals surface area contributed by atoms with E-state index in [0.29, 0.717) is 6.42 Å². The van der Waals surface area contributed by atoms with Gasteiger partial charge in [-0.3, -0.25) is 4.79 Å². The van der Waals surface area contributed by atoms with Crippen LogP contribution < -0.4 is 5.32 Å². The molecule has 1 aromatic heterocycles. The molecule has 2 aromatic carbocycles. The number of nitrogens with one attached hydrogen (secondary N) is 2. The van der Waals surface area contributed by atoms with Crippen LogP contribution in [0.5, 0.6) is 0 Å². The van der Waals surface area contributed by atoms with Gasteiger partial charge in [-0.1, -0.05) is 49.4 Å². The van der Waals surface area contributed by atoms with Crippen molar-refractivity contribution < 1.29 is 4.79 Å². The number of hydrogen-bond acceptors (Lipinski definition) is 2. The summed E-state index contributed by atoms with van der Waals surface area (Å²) in [5.74, 6) is 0.823. The number of H-pyrrole nitrogens is 1. The zero-order valence-electron chi connectivity index (χ0n) is 12.5. The fourth-order valence-corrected chi connectivity index (χ4v) is 2.53. The lowest BCUT2D eigenvalue weighted by Gasteiger charge is -2.14. The highest BCUT2D eigenvalue weighted by molar-refractivity contribution is 5.79. The van der Waals surface area contributed by atoms with Gasteiger partial charge in [0.05, 0.1) is 23.5 Å².